The lowest BCUT2D eigenvalue weighted by atomic mass is 10.1. The Morgan fingerprint density at radius 3 is 2.40 bits per heavy atom. The second-order valence-corrected chi connectivity index (χ2v) is 10.2. The molecule has 1 N–H and O–H groups in total. The molecule has 5 nitrogen and oxygen atoms in total. The Morgan fingerprint density at radius 1 is 1.17 bits per heavy atom. The van der Waals surface area contributed by atoms with Crippen molar-refractivity contribution in [3.8, 4) is 0 Å². The number of amides is 1. The van der Waals surface area contributed by atoms with E-state index in [1.807, 2.05) is 34.6 Å². The summed E-state index contributed by atoms with van der Waals surface area (Å²) in [6.45, 7) is 11.5. The number of fused-ring (bicyclic) bond motifs is 1. The van der Waals surface area contributed by atoms with E-state index in [4.69, 9.17) is 4.98 Å². The fraction of sp³-hybridized carbons (Fsp3) is 0.409. The van der Waals surface area contributed by atoms with E-state index in [9.17, 15) is 14.0 Å². The van der Waals surface area contributed by atoms with Crippen LogP contribution in [0.5, 0.6) is 0 Å². The summed E-state index contributed by atoms with van der Waals surface area (Å²) in [5, 5.41) is 3.71. The summed E-state index contributed by atoms with van der Waals surface area (Å²) in [6.07, 6.45) is 0. The molecular weight excluding hydrogens is 421 g/mol. The van der Waals surface area contributed by atoms with Crippen LogP contribution in [0.3, 0.4) is 0 Å². The Hall–Kier alpha value is -2.19. The molecule has 30 heavy (non-hydrogen) atoms. The van der Waals surface area contributed by atoms with Gasteiger partial charge in [-0.15, -0.1) is 11.3 Å². The van der Waals surface area contributed by atoms with E-state index in [2.05, 4.69) is 5.32 Å². The number of carbonyl (C=O) groups excluding carboxylic acids is 1. The maximum atomic E-state index is 13.2. The van der Waals surface area contributed by atoms with Crippen molar-refractivity contribution >= 4 is 39.2 Å². The van der Waals surface area contributed by atoms with Crippen LogP contribution in [0.15, 0.2) is 34.2 Å². The van der Waals surface area contributed by atoms with Crippen LogP contribution in [0.25, 0.3) is 10.2 Å². The van der Waals surface area contributed by atoms with Crippen LogP contribution in [0.1, 0.15) is 55.8 Å². The molecule has 0 saturated carbocycles. The summed E-state index contributed by atoms with van der Waals surface area (Å²) in [5.41, 5.74) is 1.73. The van der Waals surface area contributed by atoms with Crippen molar-refractivity contribution in [3.05, 3.63) is 56.4 Å². The predicted molar refractivity (Wildman–Crippen MR) is 122 cm³/mol. The van der Waals surface area contributed by atoms with Crippen molar-refractivity contribution in [1.29, 1.82) is 0 Å². The van der Waals surface area contributed by atoms with Gasteiger partial charge in [0.1, 0.15) is 10.6 Å². The summed E-state index contributed by atoms with van der Waals surface area (Å²) in [5.74, 6) is -0.478. The molecule has 0 fully saturated rings. The van der Waals surface area contributed by atoms with Crippen LogP contribution >= 0.6 is 23.1 Å². The third-order valence-electron chi connectivity index (χ3n) is 5.10. The Balaban J connectivity index is 1.85. The minimum absolute atomic E-state index is 0.0633. The minimum atomic E-state index is -0.454. The Bertz CT molecular complexity index is 1140. The molecule has 0 saturated heterocycles. The number of thioether (sulfide) groups is 1. The number of aromatic nitrogens is 2. The van der Waals surface area contributed by atoms with E-state index < -0.39 is 5.25 Å². The maximum absolute atomic E-state index is 13.2. The summed E-state index contributed by atoms with van der Waals surface area (Å²) in [6, 6.07) is 5.73. The van der Waals surface area contributed by atoms with Gasteiger partial charge in [0.2, 0.25) is 5.91 Å². The van der Waals surface area contributed by atoms with Crippen molar-refractivity contribution in [3.63, 3.8) is 0 Å². The first kappa shape index (κ1) is 22.5. The second kappa shape index (κ2) is 8.89. The molecule has 1 amide bonds. The molecule has 2 unspecified atom stereocenters. The largest absolute Gasteiger partial charge is 0.349 e. The van der Waals surface area contributed by atoms with Crippen LogP contribution in [-0.2, 0) is 4.79 Å². The first-order valence-corrected chi connectivity index (χ1v) is 11.5. The van der Waals surface area contributed by atoms with Crippen molar-refractivity contribution < 1.29 is 9.18 Å². The number of carbonyl (C=O) groups is 1. The molecule has 2 heterocycles. The zero-order valence-corrected chi connectivity index (χ0v) is 19.6. The van der Waals surface area contributed by atoms with E-state index in [1.54, 1.807) is 23.6 Å². The number of aryl methyl sites for hydroxylation is 2. The van der Waals surface area contributed by atoms with E-state index in [0.29, 0.717) is 15.4 Å². The van der Waals surface area contributed by atoms with Gasteiger partial charge in [-0.3, -0.25) is 14.2 Å². The number of nitrogens with zero attached hydrogens (tertiary/aromatic N) is 2. The molecule has 1 aromatic carbocycles. The summed E-state index contributed by atoms with van der Waals surface area (Å²) in [4.78, 5) is 32.4. The van der Waals surface area contributed by atoms with Gasteiger partial charge in [0, 0.05) is 10.9 Å². The first-order valence-electron chi connectivity index (χ1n) is 9.84. The fourth-order valence-corrected chi connectivity index (χ4v) is 5.32. The first-order chi connectivity index (χ1) is 14.1. The van der Waals surface area contributed by atoms with E-state index in [-0.39, 0.29) is 29.4 Å². The lowest BCUT2D eigenvalue weighted by molar-refractivity contribution is -0.120. The third kappa shape index (κ3) is 4.44. The normalized spacial score (nSPS) is 13.6. The highest BCUT2D eigenvalue weighted by atomic mass is 32.2. The van der Waals surface area contributed by atoms with Gasteiger partial charge < -0.3 is 5.32 Å². The highest BCUT2D eigenvalue weighted by molar-refractivity contribution is 8.00. The van der Waals surface area contributed by atoms with Crippen LogP contribution in [-0.4, -0.2) is 20.7 Å². The van der Waals surface area contributed by atoms with Crippen LogP contribution < -0.4 is 10.9 Å². The number of hydrogen-bond acceptors (Lipinski definition) is 5. The van der Waals surface area contributed by atoms with Crippen molar-refractivity contribution in [2.45, 2.75) is 64.0 Å². The minimum Gasteiger partial charge on any atom is -0.349 e. The summed E-state index contributed by atoms with van der Waals surface area (Å²) >= 11 is 2.78. The molecule has 0 aliphatic heterocycles. The molecule has 3 aromatic rings. The number of nitrogens with one attached hydrogen (secondary N) is 1. The second-order valence-electron chi connectivity index (χ2n) is 7.67. The highest BCUT2D eigenvalue weighted by Gasteiger charge is 2.23. The van der Waals surface area contributed by atoms with Gasteiger partial charge in [-0.05, 0) is 64.8 Å². The standard InChI is InChI=1S/C22H26FN3O2S2/c1-11(2)26-21(28)18-12(3)14(5)29-20(18)25-22(26)30-15(6)19(27)24-13(4)16-7-9-17(23)10-8-16/h7-11,13,15H,1-6H3,(H,24,27). The summed E-state index contributed by atoms with van der Waals surface area (Å²) in [7, 11) is 0. The average Bonchev–Trinajstić information content (AvgIpc) is 2.95. The summed E-state index contributed by atoms with van der Waals surface area (Å²) < 4.78 is 14.8. The zero-order chi connectivity index (χ0) is 22.2. The van der Waals surface area contributed by atoms with Gasteiger partial charge in [-0.25, -0.2) is 9.37 Å². The third-order valence-corrected chi connectivity index (χ3v) is 7.27. The molecule has 0 bridgehead atoms. The molecule has 0 spiro atoms. The van der Waals surface area contributed by atoms with Gasteiger partial charge in [0.25, 0.3) is 5.56 Å². The van der Waals surface area contributed by atoms with Crippen LogP contribution in [0.4, 0.5) is 4.39 Å². The molecule has 0 aliphatic rings. The molecule has 2 aromatic heterocycles. The molecule has 0 radical (unpaired) electrons. The van der Waals surface area contributed by atoms with Crippen molar-refractivity contribution in [2.24, 2.45) is 0 Å². The quantitative estimate of drug-likeness (QED) is 0.419. The molecule has 0 aliphatic carbocycles. The Kier molecular flexibility index (Phi) is 6.67. The van der Waals surface area contributed by atoms with Crippen LogP contribution in [0, 0.1) is 19.7 Å². The fourth-order valence-electron chi connectivity index (χ4n) is 3.20. The van der Waals surface area contributed by atoms with Crippen molar-refractivity contribution in [1.82, 2.24) is 14.9 Å². The highest BCUT2D eigenvalue weighted by Crippen LogP contribution is 2.31. The lowest BCUT2D eigenvalue weighted by Crippen LogP contribution is -2.34. The van der Waals surface area contributed by atoms with Crippen LogP contribution in [0.2, 0.25) is 0 Å². The van der Waals surface area contributed by atoms with Gasteiger partial charge >= 0.3 is 0 Å². The number of hydrogen-bond donors (Lipinski definition) is 1. The molecule has 2 atom stereocenters. The maximum Gasteiger partial charge on any atom is 0.263 e. The SMILES string of the molecule is Cc1sc2nc(SC(C)C(=O)NC(C)c3ccc(F)cc3)n(C(C)C)c(=O)c2c1C. The monoisotopic (exact) mass is 447 g/mol. The van der Waals surface area contributed by atoms with E-state index in [1.165, 1.54) is 35.2 Å². The zero-order valence-electron chi connectivity index (χ0n) is 17.9. The van der Waals surface area contributed by atoms with E-state index in [0.717, 1.165) is 16.0 Å². The van der Waals surface area contributed by atoms with Gasteiger partial charge in [-0.2, -0.15) is 0 Å². The Morgan fingerprint density at radius 2 is 1.80 bits per heavy atom. The average molecular weight is 448 g/mol. The Labute approximate surface area is 183 Å². The van der Waals surface area contributed by atoms with E-state index >= 15 is 0 Å². The molecule has 160 valence electrons. The number of rotatable bonds is 6. The molecular formula is C22H26FN3O2S2. The van der Waals surface area contributed by atoms with Gasteiger partial charge in [0.05, 0.1) is 16.7 Å². The van der Waals surface area contributed by atoms with Crippen molar-refractivity contribution in [2.75, 3.05) is 0 Å². The molecule has 3 rings (SSSR count). The smallest absolute Gasteiger partial charge is 0.263 e. The molecule has 8 heteroatoms. The van der Waals surface area contributed by atoms with Gasteiger partial charge in [-0.1, -0.05) is 23.9 Å². The number of benzene rings is 1. The predicted octanol–water partition coefficient (Wildman–Crippen LogP) is 5.15. The number of thiophene rings is 1. The topological polar surface area (TPSA) is 64.0 Å². The van der Waals surface area contributed by atoms with Gasteiger partial charge in [0.15, 0.2) is 5.16 Å². The lowest BCUT2D eigenvalue weighted by Gasteiger charge is -2.20. The number of halogens is 1.